The molecule has 0 aliphatic carbocycles. The lowest BCUT2D eigenvalue weighted by Crippen LogP contribution is -2.45. The predicted molar refractivity (Wildman–Crippen MR) is 94.3 cm³/mol. The van der Waals surface area contributed by atoms with Gasteiger partial charge in [-0.1, -0.05) is 48.8 Å². The third-order valence-electron chi connectivity index (χ3n) is 4.84. The molecule has 3 heteroatoms. The fourth-order valence-corrected chi connectivity index (χ4v) is 4.00. The Morgan fingerprint density at radius 2 is 1.86 bits per heavy atom. The summed E-state index contributed by atoms with van der Waals surface area (Å²) in [7, 11) is 0. The molecule has 2 atom stereocenters. The molecule has 0 aromatic heterocycles. The van der Waals surface area contributed by atoms with Gasteiger partial charge < -0.3 is 5.73 Å². The molecule has 1 heterocycles. The van der Waals surface area contributed by atoms with Gasteiger partial charge in [-0.2, -0.15) is 0 Å². The van der Waals surface area contributed by atoms with Gasteiger partial charge >= 0.3 is 0 Å². The average Bonchev–Trinajstić information content (AvgIpc) is 2.38. The zero-order valence-corrected chi connectivity index (χ0v) is 15.4. The highest BCUT2D eigenvalue weighted by atomic mass is 79.9. The van der Waals surface area contributed by atoms with Crippen molar-refractivity contribution in [1.82, 2.24) is 4.90 Å². The smallest absolute Gasteiger partial charge is 0.0496 e. The molecule has 1 aromatic carbocycles. The molecule has 21 heavy (non-hydrogen) atoms. The van der Waals surface area contributed by atoms with Crippen molar-refractivity contribution < 1.29 is 0 Å². The van der Waals surface area contributed by atoms with Crippen molar-refractivity contribution in [1.29, 1.82) is 0 Å². The van der Waals surface area contributed by atoms with Crippen molar-refractivity contribution in [2.75, 3.05) is 13.1 Å². The van der Waals surface area contributed by atoms with Crippen molar-refractivity contribution in [3.8, 4) is 0 Å². The lowest BCUT2D eigenvalue weighted by Gasteiger charge is -2.43. The molecule has 2 N–H and O–H groups in total. The van der Waals surface area contributed by atoms with E-state index in [-0.39, 0.29) is 6.04 Å². The third-order valence-corrected chi connectivity index (χ3v) is 5.33. The fraction of sp³-hybridized carbons (Fsp3) is 0.667. The van der Waals surface area contributed by atoms with Crippen LogP contribution in [0.15, 0.2) is 28.7 Å². The van der Waals surface area contributed by atoms with Gasteiger partial charge in [-0.15, -0.1) is 0 Å². The Balaban J connectivity index is 2.11. The maximum atomic E-state index is 6.31. The van der Waals surface area contributed by atoms with Crippen LogP contribution >= 0.6 is 15.9 Å². The summed E-state index contributed by atoms with van der Waals surface area (Å²) in [6.07, 6.45) is 2.56. The summed E-state index contributed by atoms with van der Waals surface area (Å²) in [5, 5.41) is 0. The molecule has 2 nitrogen and oxygen atoms in total. The van der Waals surface area contributed by atoms with Crippen LogP contribution in [-0.2, 0) is 0 Å². The molecule has 0 saturated carbocycles. The number of likely N-dealkylation sites (tertiary alicyclic amines) is 1. The SMILES string of the molecule is CC(N)C(c1cccc(Br)c1)N1CCC(C(C)(C)C)CC1. The lowest BCUT2D eigenvalue weighted by molar-refractivity contribution is 0.0749. The Bertz CT molecular complexity index is 457. The van der Waals surface area contributed by atoms with E-state index >= 15 is 0 Å². The quantitative estimate of drug-likeness (QED) is 0.861. The van der Waals surface area contributed by atoms with Crippen LogP contribution < -0.4 is 5.73 Å². The van der Waals surface area contributed by atoms with E-state index in [1.165, 1.54) is 18.4 Å². The summed E-state index contributed by atoms with van der Waals surface area (Å²) in [6.45, 7) is 11.5. The molecule has 0 spiro atoms. The van der Waals surface area contributed by atoms with E-state index in [4.69, 9.17) is 5.73 Å². The molecule has 118 valence electrons. The number of piperidine rings is 1. The summed E-state index contributed by atoms with van der Waals surface area (Å²) >= 11 is 3.58. The van der Waals surface area contributed by atoms with Gasteiger partial charge in [0.2, 0.25) is 0 Å². The standard InChI is InChI=1S/C18H29BrN2/c1-13(20)17(14-6-5-7-16(19)12-14)21-10-8-15(9-11-21)18(2,3)4/h5-7,12-13,15,17H,8-11,20H2,1-4H3. The van der Waals surface area contributed by atoms with Gasteiger partial charge in [-0.3, -0.25) is 4.90 Å². The number of hydrogen-bond acceptors (Lipinski definition) is 2. The molecule has 1 aromatic rings. The van der Waals surface area contributed by atoms with Crippen molar-refractivity contribution >= 4 is 15.9 Å². The number of benzene rings is 1. The van der Waals surface area contributed by atoms with Gasteiger partial charge in [-0.05, 0) is 61.9 Å². The lowest BCUT2D eigenvalue weighted by atomic mass is 9.75. The molecule has 1 aliphatic rings. The normalized spacial score (nSPS) is 21.2. The number of nitrogens with zero attached hydrogens (tertiary/aromatic N) is 1. The molecule has 0 bridgehead atoms. The second-order valence-corrected chi connectivity index (χ2v) is 8.45. The number of hydrogen-bond donors (Lipinski definition) is 1. The van der Waals surface area contributed by atoms with Crippen LogP contribution in [0.1, 0.15) is 52.1 Å². The first-order chi connectivity index (χ1) is 9.79. The number of rotatable bonds is 3. The topological polar surface area (TPSA) is 29.3 Å². The highest BCUT2D eigenvalue weighted by Crippen LogP contribution is 2.37. The van der Waals surface area contributed by atoms with Crippen LogP contribution in [0.5, 0.6) is 0 Å². The second kappa shape index (κ2) is 6.80. The van der Waals surface area contributed by atoms with E-state index in [0.717, 1.165) is 23.5 Å². The van der Waals surface area contributed by atoms with Crippen LogP contribution in [0, 0.1) is 11.3 Å². The first kappa shape index (κ1) is 17.0. The van der Waals surface area contributed by atoms with Gasteiger partial charge in [0.15, 0.2) is 0 Å². The minimum absolute atomic E-state index is 0.144. The van der Waals surface area contributed by atoms with Crippen molar-refractivity contribution in [3.05, 3.63) is 34.3 Å². The van der Waals surface area contributed by atoms with E-state index in [9.17, 15) is 0 Å². The van der Waals surface area contributed by atoms with Gasteiger partial charge in [0.1, 0.15) is 0 Å². The monoisotopic (exact) mass is 352 g/mol. The van der Waals surface area contributed by atoms with Gasteiger partial charge in [0.05, 0.1) is 0 Å². The van der Waals surface area contributed by atoms with Crippen molar-refractivity contribution in [2.24, 2.45) is 17.1 Å². The Morgan fingerprint density at radius 3 is 2.33 bits per heavy atom. The molecule has 0 amide bonds. The fourth-order valence-electron chi connectivity index (χ4n) is 3.58. The van der Waals surface area contributed by atoms with Gasteiger partial charge in [0, 0.05) is 16.6 Å². The Kier molecular flexibility index (Phi) is 5.50. The van der Waals surface area contributed by atoms with Crippen LogP contribution in [0.25, 0.3) is 0 Å². The zero-order valence-electron chi connectivity index (χ0n) is 13.8. The Hall–Kier alpha value is -0.380. The summed E-state index contributed by atoms with van der Waals surface area (Å²) in [5.41, 5.74) is 8.06. The molecule has 1 saturated heterocycles. The third kappa shape index (κ3) is 4.30. The minimum Gasteiger partial charge on any atom is -0.326 e. The van der Waals surface area contributed by atoms with Crippen LogP contribution in [-0.4, -0.2) is 24.0 Å². The van der Waals surface area contributed by atoms with E-state index in [0.29, 0.717) is 11.5 Å². The van der Waals surface area contributed by atoms with Gasteiger partial charge in [0.25, 0.3) is 0 Å². The van der Waals surface area contributed by atoms with Crippen LogP contribution in [0.2, 0.25) is 0 Å². The number of halogens is 1. The summed E-state index contributed by atoms with van der Waals surface area (Å²) in [4.78, 5) is 2.58. The van der Waals surface area contributed by atoms with Crippen molar-refractivity contribution in [3.63, 3.8) is 0 Å². The van der Waals surface area contributed by atoms with E-state index in [1.807, 2.05) is 0 Å². The zero-order chi connectivity index (χ0) is 15.6. The Morgan fingerprint density at radius 1 is 1.24 bits per heavy atom. The molecule has 2 unspecified atom stereocenters. The first-order valence-electron chi connectivity index (χ1n) is 8.04. The van der Waals surface area contributed by atoms with Crippen LogP contribution in [0.4, 0.5) is 0 Å². The molecular formula is C18H29BrN2. The highest BCUT2D eigenvalue weighted by molar-refractivity contribution is 9.10. The van der Waals surface area contributed by atoms with E-state index < -0.39 is 0 Å². The average molecular weight is 353 g/mol. The maximum absolute atomic E-state index is 6.31. The molecular weight excluding hydrogens is 324 g/mol. The molecule has 1 fully saturated rings. The highest BCUT2D eigenvalue weighted by Gasteiger charge is 2.32. The van der Waals surface area contributed by atoms with Crippen molar-refractivity contribution in [2.45, 2.75) is 52.6 Å². The van der Waals surface area contributed by atoms with Gasteiger partial charge in [-0.25, -0.2) is 0 Å². The molecule has 2 rings (SSSR count). The maximum Gasteiger partial charge on any atom is 0.0496 e. The first-order valence-corrected chi connectivity index (χ1v) is 8.83. The van der Waals surface area contributed by atoms with E-state index in [1.54, 1.807) is 0 Å². The summed E-state index contributed by atoms with van der Waals surface area (Å²) in [5.74, 6) is 0.824. The minimum atomic E-state index is 0.144. The van der Waals surface area contributed by atoms with Crippen LogP contribution in [0.3, 0.4) is 0 Å². The molecule has 1 aliphatic heterocycles. The summed E-state index contributed by atoms with van der Waals surface area (Å²) < 4.78 is 1.13. The Labute approximate surface area is 138 Å². The predicted octanol–water partition coefficient (Wildman–Crippen LogP) is 4.60. The second-order valence-electron chi connectivity index (χ2n) is 7.54. The largest absolute Gasteiger partial charge is 0.326 e. The summed E-state index contributed by atoms with van der Waals surface area (Å²) in [6, 6.07) is 9.07. The van der Waals surface area contributed by atoms with E-state index in [2.05, 4.69) is 72.8 Å². The number of nitrogens with two attached hydrogens (primary N) is 1. The molecule has 0 radical (unpaired) electrons.